The van der Waals surface area contributed by atoms with E-state index < -0.39 is 29.2 Å². The second-order valence-electron chi connectivity index (χ2n) is 5.02. The zero-order chi connectivity index (χ0) is 15.4. The molecule has 9 heteroatoms. The number of rotatable bonds is 2. The van der Waals surface area contributed by atoms with Crippen molar-refractivity contribution >= 4 is 40.0 Å². The second-order valence-corrected chi connectivity index (χ2v) is 5.88. The number of nitrogens with zero attached hydrogens (tertiary/aromatic N) is 2. The van der Waals surface area contributed by atoms with E-state index in [9.17, 15) is 24.1 Å². The number of nitroso groups, excluding NO2 is 1. The number of thiophene rings is 1. The molecule has 0 aromatic carbocycles. The molecule has 3 heterocycles. The van der Waals surface area contributed by atoms with E-state index in [1.54, 1.807) is 0 Å². The van der Waals surface area contributed by atoms with Gasteiger partial charge in [0, 0.05) is 11.8 Å². The summed E-state index contributed by atoms with van der Waals surface area (Å²) in [5, 5.41) is 6.16. The Morgan fingerprint density at radius 3 is 2.62 bits per heavy atom. The third-order valence-corrected chi connectivity index (χ3v) is 4.63. The van der Waals surface area contributed by atoms with E-state index in [4.69, 9.17) is 0 Å². The molecule has 1 aromatic heterocycles. The highest BCUT2D eigenvalue weighted by Gasteiger charge is 2.53. The topological polar surface area (TPSA) is 113 Å². The minimum atomic E-state index is -1.45. The van der Waals surface area contributed by atoms with Crippen molar-refractivity contribution < 1.29 is 19.2 Å². The predicted octanol–water partition coefficient (Wildman–Crippen LogP) is 0.937. The van der Waals surface area contributed by atoms with Gasteiger partial charge in [-0.25, -0.2) is 0 Å². The van der Waals surface area contributed by atoms with Gasteiger partial charge in [-0.3, -0.25) is 29.4 Å². The number of carbonyl (C=O) groups excluding carboxylic acids is 4. The quantitative estimate of drug-likeness (QED) is 0.645. The normalized spacial score (nSPS) is 25.1. The van der Waals surface area contributed by atoms with Crippen LogP contribution in [0.3, 0.4) is 0 Å². The lowest BCUT2D eigenvalue weighted by atomic mass is 9.89. The van der Waals surface area contributed by atoms with Gasteiger partial charge in [-0.05, 0) is 18.5 Å². The Morgan fingerprint density at radius 2 is 2.00 bits per heavy atom. The van der Waals surface area contributed by atoms with Crippen LogP contribution in [-0.2, 0) is 9.59 Å². The van der Waals surface area contributed by atoms with Crippen molar-refractivity contribution in [2.75, 3.05) is 0 Å². The molecule has 0 radical (unpaired) electrons. The third-order valence-electron chi connectivity index (χ3n) is 3.78. The van der Waals surface area contributed by atoms with E-state index in [1.165, 1.54) is 12.3 Å². The molecule has 0 bridgehead atoms. The molecule has 0 saturated carbocycles. The van der Waals surface area contributed by atoms with Crippen LogP contribution in [0.5, 0.6) is 0 Å². The lowest BCUT2D eigenvalue weighted by Crippen LogP contribution is -2.62. The van der Waals surface area contributed by atoms with Crippen LogP contribution in [0.25, 0.3) is 0 Å². The molecule has 1 atom stereocenters. The number of carbonyl (C=O) groups is 4. The Hall–Kier alpha value is -2.42. The molecule has 2 aliphatic heterocycles. The predicted molar refractivity (Wildman–Crippen MR) is 71.1 cm³/mol. The molecule has 1 saturated heterocycles. The molecule has 1 N–H and O–H groups in total. The van der Waals surface area contributed by atoms with E-state index in [1.807, 2.05) is 0 Å². The highest BCUT2D eigenvalue weighted by Crippen LogP contribution is 2.41. The average Bonchev–Trinajstić information content (AvgIpc) is 2.96. The Balaban J connectivity index is 2.05. The van der Waals surface area contributed by atoms with Crippen LogP contribution in [0.4, 0.5) is 5.00 Å². The summed E-state index contributed by atoms with van der Waals surface area (Å²) < 4.78 is 0. The van der Waals surface area contributed by atoms with Crippen molar-refractivity contribution in [1.29, 1.82) is 0 Å². The lowest BCUT2D eigenvalue weighted by Gasteiger charge is -2.38. The second kappa shape index (κ2) is 4.29. The highest BCUT2D eigenvalue weighted by atomic mass is 32.1. The first-order valence-electron chi connectivity index (χ1n) is 6.08. The summed E-state index contributed by atoms with van der Waals surface area (Å²) in [7, 11) is 0. The first kappa shape index (κ1) is 13.6. The van der Waals surface area contributed by atoms with Crippen LogP contribution in [0.2, 0.25) is 0 Å². The Bertz CT molecular complexity index is 724. The summed E-state index contributed by atoms with van der Waals surface area (Å²) in [6, 6.07) is 0. The van der Waals surface area contributed by atoms with E-state index in [-0.39, 0.29) is 29.0 Å². The van der Waals surface area contributed by atoms with Gasteiger partial charge in [-0.1, -0.05) is 0 Å². The number of nitrogens with one attached hydrogen (secondary N) is 1. The SMILES string of the molecule is C[C@]1(N2C(=O)c3csc(N=O)c3C2=O)CCC(=O)NC1=O. The van der Waals surface area contributed by atoms with Crippen LogP contribution in [0.1, 0.15) is 40.5 Å². The van der Waals surface area contributed by atoms with Crippen molar-refractivity contribution in [3.05, 3.63) is 21.4 Å². The van der Waals surface area contributed by atoms with E-state index in [0.29, 0.717) is 0 Å². The van der Waals surface area contributed by atoms with Crippen LogP contribution in [-0.4, -0.2) is 34.1 Å². The molecule has 2 aliphatic rings. The smallest absolute Gasteiger partial charge is 0.265 e. The molecular formula is C12H9N3O5S. The Kier molecular flexibility index (Phi) is 2.77. The van der Waals surface area contributed by atoms with Gasteiger partial charge in [0.1, 0.15) is 5.54 Å². The summed E-state index contributed by atoms with van der Waals surface area (Å²) in [5.41, 5.74) is -1.43. The molecule has 21 heavy (non-hydrogen) atoms. The Labute approximate surface area is 122 Å². The molecule has 0 unspecified atom stereocenters. The van der Waals surface area contributed by atoms with E-state index >= 15 is 0 Å². The molecule has 0 aliphatic carbocycles. The Morgan fingerprint density at radius 1 is 1.29 bits per heavy atom. The summed E-state index contributed by atoms with van der Waals surface area (Å²) in [5.74, 6) is -2.51. The fourth-order valence-corrected chi connectivity index (χ4v) is 3.37. The summed E-state index contributed by atoms with van der Waals surface area (Å²) in [6.45, 7) is 1.42. The minimum absolute atomic E-state index is 0.0327. The molecule has 4 amide bonds. The molecule has 0 spiro atoms. The lowest BCUT2D eigenvalue weighted by molar-refractivity contribution is -0.140. The first-order chi connectivity index (χ1) is 9.90. The number of hydrogen-bond acceptors (Lipinski definition) is 7. The third kappa shape index (κ3) is 1.67. The van der Waals surface area contributed by atoms with Crippen molar-refractivity contribution in [2.45, 2.75) is 25.3 Å². The number of amides is 4. The number of imide groups is 2. The molecule has 3 rings (SSSR count). The number of piperidine rings is 1. The fourth-order valence-electron chi connectivity index (χ4n) is 2.56. The largest absolute Gasteiger partial charge is 0.294 e. The van der Waals surface area contributed by atoms with Crippen LogP contribution < -0.4 is 5.32 Å². The van der Waals surface area contributed by atoms with Gasteiger partial charge in [0.2, 0.25) is 5.91 Å². The van der Waals surface area contributed by atoms with Crippen molar-refractivity contribution in [1.82, 2.24) is 10.2 Å². The van der Waals surface area contributed by atoms with E-state index in [2.05, 4.69) is 10.5 Å². The van der Waals surface area contributed by atoms with Crippen LogP contribution in [0.15, 0.2) is 10.6 Å². The molecule has 108 valence electrons. The minimum Gasteiger partial charge on any atom is -0.294 e. The zero-order valence-electron chi connectivity index (χ0n) is 10.8. The van der Waals surface area contributed by atoms with Gasteiger partial charge in [-0.15, -0.1) is 16.2 Å². The monoisotopic (exact) mass is 307 g/mol. The standard InChI is InChI=1S/C12H9N3O5S/c1-12(3-2-6(16)13-11(12)19)15-9(17)5-4-21-8(14-20)7(5)10(15)18/h4H,2-3H2,1H3,(H,13,16,19)/t12-/m0/s1. The van der Waals surface area contributed by atoms with Gasteiger partial charge in [0.05, 0.1) is 11.1 Å². The fraction of sp³-hybridized carbons (Fsp3) is 0.333. The van der Waals surface area contributed by atoms with Gasteiger partial charge in [0.25, 0.3) is 17.7 Å². The summed E-state index contributed by atoms with van der Waals surface area (Å²) in [6.07, 6.45) is 0.0810. The number of hydrogen-bond donors (Lipinski definition) is 1. The van der Waals surface area contributed by atoms with E-state index in [0.717, 1.165) is 16.2 Å². The maximum absolute atomic E-state index is 12.4. The van der Waals surface area contributed by atoms with Gasteiger partial charge < -0.3 is 0 Å². The van der Waals surface area contributed by atoms with Crippen LogP contribution in [0, 0.1) is 4.91 Å². The van der Waals surface area contributed by atoms with Crippen LogP contribution >= 0.6 is 11.3 Å². The average molecular weight is 307 g/mol. The van der Waals surface area contributed by atoms with Gasteiger partial charge in [0.15, 0.2) is 5.00 Å². The molecule has 1 fully saturated rings. The maximum atomic E-state index is 12.4. The summed E-state index contributed by atoms with van der Waals surface area (Å²) >= 11 is 0.906. The molecule has 1 aromatic rings. The first-order valence-corrected chi connectivity index (χ1v) is 6.96. The van der Waals surface area contributed by atoms with Crippen molar-refractivity contribution in [3.8, 4) is 0 Å². The highest BCUT2D eigenvalue weighted by molar-refractivity contribution is 7.14. The van der Waals surface area contributed by atoms with Crippen molar-refractivity contribution in [2.24, 2.45) is 5.18 Å². The maximum Gasteiger partial charge on any atom is 0.265 e. The van der Waals surface area contributed by atoms with Gasteiger partial charge in [-0.2, -0.15) is 0 Å². The molecule has 8 nitrogen and oxygen atoms in total. The van der Waals surface area contributed by atoms with Crippen molar-refractivity contribution in [3.63, 3.8) is 0 Å². The summed E-state index contributed by atoms with van der Waals surface area (Å²) in [4.78, 5) is 59.6. The zero-order valence-corrected chi connectivity index (χ0v) is 11.7. The molecular weight excluding hydrogens is 298 g/mol. The van der Waals surface area contributed by atoms with Gasteiger partial charge >= 0.3 is 0 Å². The number of fused-ring (bicyclic) bond motifs is 1.